The molecule has 2 saturated heterocycles. The van der Waals surface area contributed by atoms with E-state index in [1.165, 1.54) is 16.0 Å². The smallest absolute Gasteiger partial charge is 0.371 e. The van der Waals surface area contributed by atoms with Gasteiger partial charge in [-0.1, -0.05) is 24.3 Å². The molecule has 2 fully saturated rings. The normalized spacial score (nSPS) is 21.5. The highest BCUT2D eigenvalue weighted by Crippen LogP contribution is 2.33. The lowest BCUT2D eigenvalue weighted by Gasteiger charge is -2.45. The van der Waals surface area contributed by atoms with Crippen LogP contribution in [0.1, 0.15) is 71.4 Å². The molecule has 0 unspecified atom stereocenters. The number of alkyl halides is 3. The van der Waals surface area contributed by atoms with E-state index in [0.29, 0.717) is 12.6 Å². The third-order valence-corrected chi connectivity index (χ3v) is 8.11. The van der Waals surface area contributed by atoms with Crippen molar-refractivity contribution in [3.63, 3.8) is 0 Å². The number of likely N-dealkylation sites (tertiary alicyclic amines) is 2. The Morgan fingerprint density at radius 2 is 1.71 bits per heavy atom. The number of halogens is 3. The summed E-state index contributed by atoms with van der Waals surface area (Å²) in [6.45, 7) is 14.7. The Morgan fingerprint density at radius 3 is 2.26 bits per heavy atom. The first-order valence-electron chi connectivity index (χ1n) is 12.8. The Labute approximate surface area is 204 Å². The maximum Gasteiger partial charge on any atom is 0.401 e. The lowest BCUT2D eigenvalue weighted by molar-refractivity contribution is -0.149. The van der Waals surface area contributed by atoms with Crippen LogP contribution in [0.4, 0.5) is 13.2 Å². The Hall–Kier alpha value is -1.15. The van der Waals surface area contributed by atoms with Crippen molar-refractivity contribution < 1.29 is 17.9 Å². The molecule has 2 heterocycles. The van der Waals surface area contributed by atoms with E-state index >= 15 is 0 Å². The fourth-order valence-corrected chi connectivity index (χ4v) is 5.42. The monoisotopic (exact) mass is 483 g/mol. The first kappa shape index (κ1) is 27.4. The largest absolute Gasteiger partial charge is 0.401 e. The quantitative estimate of drug-likeness (QED) is 0.475. The number of ether oxygens (including phenoxy) is 1. The van der Waals surface area contributed by atoms with Crippen molar-refractivity contribution in [3.05, 3.63) is 35.4 Å². The van der Waals surface area contributed by atoms with Gasteiger partial charge in [0.15, 0.2) is 0 Å². The second kappa shape index (κ2) is 10.9. The molecular weight excluding hydrogens is 439 g/mol. The van der Waals surface area contributed by atoms with Crippen molar-refractivity contribution >= 4 is 0 Å². The van der Waals surface area contributed by atoms with Crippen LogP contribution >= 0.6 is 0 Å². The Kier molecular flexibility index (Phi) is 8.76. The number of piperidine rings is 2. The second-order valence-corrected chi connectivity index (χ2v) is 11.4. The summed E-state index contributed by atoms with van der Waals surface area (Å²) in [5.41, 5.74) is 2.14. The fraction of sp³-hybridized carbons (Fsp3) is 0.778. The van der Waals surface area contributed by atoms with Crippen molar-refractivity contribution in [2.24, 2.45) is 0 Å². The topological polar surface area (TPSA) is 19.0 Å². The molecule has 0 radical (unpaired) electrons. The molecule has 0 aromatic heterocycles. The summed E-state index contributed by atoms with van der Waals surface area (Å²) >= 11 is 0. The zero-order valence-corrected chi connectivity index (χ0v) is 21.9. The average molecular weight is 484 g/mol. The van der Waals surface area contributed by atoms with E-state index in [4.69, 9.17) is 4.74 Å². The van der Waals surface area contributed by atoms with Gasteiger partial charge in [-0.05, 0) is 78.5 Å². The average Bonchev–Trinajstić information content (AvgIpc) is 2.77. The molecule has 1 aromatic rings. The van der Waals surface area contributed by atoms with Crippen LogP contribution in [0.25, 0.3) is 0 Å². The molecule has 0 N–H and O–H groups in total. The van der Waals surface area contributed by atoms with Gasteiger partial charge < -0.3 is 9.64 Å². The minimum atomic E-state index is -4.14. The molecule has 0 atom stereocenters. The van der Waals surface area contributed by atoms with Crippen molar-refractivity contribution in [3.8, 4) is 0 Å². The van der Waals surface area contributed by atoms with Gasteiger partial charge in [0.2, 0.25) is 0 Å². The Morgan fingerprint density at radius 1 is 1.09 bits per heavy atom. The van der Waals surface area contributed by atoms with Crippen LogP contribution in [0.2, 0.25) is 0 Å². The summed E-state index contributed by atoms with van der Waals surface area (Å²) in [6, 6.07) is 9.20. The summed E-state index contributed by atoms with van der Waals surface area (Å²) in [5.74, 6) is 0. The predicted molar refractivity (Wildman–Crippen MR) is 132 cm³/mol. The molecule has 34 heavy (non-hydrogen) atoms. The second-order valence-electron chi connectivity index (χ2n) is 11.4. The van der Waals surface area contributed by atoms with Gasteiger partial charge in [-0.25, -0.2) is 0 Å². The van der Waals surface area contributed by atoms with E-state index in [1.807, 2.05) is 0 Å². The van der Waals surface area contributed by atoms with Gasteiger partial charge in [-0.15, -0.1) is 0 Å². The van der Waals surface area contributed by atoms with E-state index in [0.717, 1.165) is 51.9 Å². The van der Waals surface area contributed by atoms with E-state index in [9.17, 15) is 13.2 Å². The Balaban J connectivity index is 1.56. The van der Waals surface area contributed by atoms with Gasteiger partial charge in [0.05, 0.1) is 18.8 Å². The minimum absolute atomic E-state index is 0.0173. The van der Waals surface area contributed by atoms with Crippen LogP contribution in [-0.2, 0) is 16.9 Å². The lowest BCUT2D eigenvalue weighted by Crippen LogP contribution is -2.51. The van der Waals surface area contributed by atoms with Crippen molar-refractivity contribution in [1.82, 2.24) is 14.7 Å². The molecule has 0 amide bonds. The van der Waals surface area contributed by atoms with Crippen LogP contribution in [0.3, 0.4) is 0 Å². The van der Waals surface area contributed by atoms with Crippen LogP contribution in [-0.4, -0.2) is 78.3 Å². The Bertz CT molecular complexity index is 780. The highest BCUT2D eigenvalue weighted by atomic mass is 19.4. The molecule has 7 heteroatoms. The molecule has 0 spiro atoms. The number of hydrogen-bond donors (Lipinski definition) is 0. The van der Waals surface area contributed by atoms with Crippen LogP contribution in [0, 0.1) is 0 Å². The van der Waals surface area contributed by atoms with Crippen LogP contribution < -0.4 is 0 Å². The standard InChI is InChI=1S/C27H44F3N3O/c1-21(2)32-16-12-26(5,13-17-32)34-19-22-8-7-9-23(18-22)25(3,4)33-14-10-24(11-15-33)31(6)20-27(28,29)30/h7-9,18,21,24H,10-17,19-20H2,1-6H3. The zero-order valence-electron chi connectivity index (χ0n) is 21.9. The molecule has 4 nitrogen and oxygen atoms in total. The third-order valence-electron chi connectivity index (χ3n) is 8.11. The van der Waals surface area contributed by atoms with Gasteiger partial charge in [0.1, 0.15) is 0 Å². The maximum atomic E-state index is 12.8. The van der Waals surface area contributed by atoms with Crippen LogP contribution in [0.15, 0.2) is 24.3 Å². The van der Waals surface area contributed by atoms with E-state index in [2.05, 4.69) is 68.7 Å². The fourth-order valence-electron chi connectivity index (χ4n) is 5.42. The number of benzene rings is 1. The molecule has 0 bridgehead atoms. The number of nitrogens with zero attached hydrogens (tertiary/aromatic N) is 3. The SMILES string of the molecule is CC(C)N1CCC(C)(OCc2cccc(C(C)(C)N3CCC(N(C)CC(F)(F)F)CC3)c2)CC1. The predicted octanol–water partition coefficient (Wildman–Crippen LogP) is 5.66. The summed E-state index contributed by atoms with van der Waals surface area (Å²) in [5, 5.41) is 0. The molecule has 3 rings (SSSR count). The lowest BCUT2D eigenvalue weighted by atomic mass is 9.88. The highest BCUT2D eigenvalue weighted by Gasteiger charge is 2.37. The summed E-state index contributed by atoms with van der Waals surface area (Å²) in [4.78, 5) is 6.39. The van der Waals surface area contributed by atoms with Gasteiger partial charge in [-0.3, -0.25) is 9.80 Å². The zero-order chi connectivity index (χ0) is 25.1. The molecule has 2 aliphatic heterocycles. The van der Waals surface area contributed by atoms with E-state index in [-0.39, 0.29) is 17.2 Å². The van der Waals surface area contributed by atoms with Gasteiger partial charge >= 0.3 is 6.18 Å². The van der Waals surface area contributed by atoms with Crippen LogP contribution in [0.5, 0.6) is 0 Å². The summed E-state index contributed by atoms with van der Waals surface area (Å²) in [7, 11) is 1.59. The van der Waals surface area contributed by atoms with E-state index in [1.54, 1.807) is 7.05 Å². The van der Waals surface area contributed by atoms with Gasteiger partial charge in [0.25, 0.3) is 0 Å². The molecule has 194 valence electrons. The van der Waals surface area contributed by atoms with Gasteiger partial charge in [-0.2, -0.15) is 13.2 Å². The van der Waals surface area contributed by atoms with Crippen molar-refractivity contribution in [1.29, 1.82) is 0 Å². The molecule has 0 saturated carbocycles. The molecule has 0 aliphatic carbocycles. The number of rotatable bonds is 8. The van der Waals surface area contributed by atoms with Gasteiger partial charge in [0, 0.05) is 43.8 Å². The molecule has 2 aliphatic rings. The highest BCUT2D eigenvalue weighted by molar-refractivity contribution is 5.29. The minimum Gasteiger partial charge on any atom is -0.371 e. The summed E-state index contributed by atoms with van der Waals surface area (Å²) in [6.07, 6.45) is -0.534. The third kappa shape index (κ3) is 7.19. The molecule has 1 aromatic carbocycles. The maximum absolute atomic E-state index is 12.8. The van der Waals surface area contributed by atoms with E-state index < -0.39 is 12.7 Å². The van der Waals surface area contributed by atoms with Crippen molar-refractivity contribution in [2.75, 3.05) is 39.8 Å². The number of hydrogen-bond acceptors (Lipinski definition) is 4. The first-order chi connectivity index (χ1) is 15.8. The molecular formula is C27H44F3N3O. The van der Waals surface area contributed by atoms with Crippen molar-refractivity contribution in [2.45, 2.75) is 96.3 Å². The summed E-state index contributed by atoms with van der Waals surface area (Å²) < 4.78 is 44.8. The first-order valence-corrected chi connectivity index (χ1v) is 12.8.